The van der Waals surface area contributed by atoms with Crippen LogP contribution >= 0.6 is 0 Å². The number of rotatable bonds is 8. The lowest BCUT2D eigenvalue weighted by atomic mass is 9.69. The van der Waals surface area contributed by atoms with Crippen molar-refractivity contribution in [2.24, 2.45) is 18.9 Å². The SMILES string of the molecule is CCC(C)C1(C(C)CC)C(Oc2ncnc3c2nc(-c2cnn(CC)c2C)n3C)CCN1C(=O)O. The Bertz CT molecular complexity index is 1210. The van der Waals surface area contributed by atoms with Crippen LogP contribution in [0.3, 0.4) is 0 Å². The van der Waals surface area contributed by atoms with Crippen LogP contribution in [0.5, 0.6) is 5.88 Å². The summed E-state index contributed by atoms with van der Waals surface area (Å²) in [5, 5.41) is 14.6. The van der Waals surface area contributed by atoms with Gasteiger partial charge in [0.2, 0.25) is 5.88 Å². The summed E-state index contributed by atoms with van der Waals surface area (Å²) in [5.41, 5.74) is 2.55. The number of aryl methyl sites for hydroxylation is 2. The zero-order valence-corrected chi connectivity index (χ0v) is 21.8. The minimum Gasteiger partial charge on any atom is -0.470 e. The van der Waals surface area contributed by atoms with Crippen molar-refractivity contribution < 1.29 is 14.6 Å². The van der Waals surface area contributed by atoms with Crippen LogP contribution in [0.4, 0.5) is 4.79 Å². The summed E-state index contributed by atoms with van der Waals surface area (Å²) in [6, 6.07) is 0. The quantitative estimate of drug-likeness (QED) is 0.501. The average Bonchev–Trinajstić information content (AvgIpc) is 3.52. The molecule has 190 valence electrons. The molecule has 4 heterocycles. The molecular formula is C25H37N7O3. The van der Waals surface area contributed by atoms with Crippen LogP contribution in [0.1, 0.15) is 59.6 Å². The lowest BCUT2D eigenvalue weighted by molar-refractivity contribution is -0.0338. The van der Waals surface area contributed by atoms with Crippen molar-refractivity contribution in [2.75, 3.05) is 6.54 Å². The Labute approximate surface area is 206 Å². The summed E-state index contributed by atoms with van der Waals surface area (Å²) in [4.78, 5) is 27.8. The number of aromatic nitrogens is 6. The van der Waals surface area contributed by atoms with Gasteiger partial charge in [0.15, 0.2) is 11.2 Å². The van der Waals surface area contributed by atoms with Crippen molar-refractivity contribution in [1.29, 1.82) is 0 Å². The van der Waals surface area contributed by atoms with Gasteiger partial charge in [-0.05, 0) is 25.7 Å². The predicted molar refractivity (Wildman–Crippen MR) is 133 cm³/mol. The van der Waals surface area contributed by atoms with E-state index in [0.717, 1.165) is 36.5 Å². The van der Waals surface area contributed by atoms with Gasteiger partial charge in [-0.1, -0.05) is 40.5 Å². The monoisotopic (exact) mass is 483 g/mol. The van der Waals surface area contributed by atoms with Gasteiger partial charge in [-0.2, -0.15) is 10.1 Å². The summed E-state index contributed by atoms with van der Waals surface area (Å²) in [5.74, 6) is 1.36. The van der Waals surface area contributed by atoms with E-state index in [2.05, 4.69) is 49.7 Å². The molecule has 0 radical (unpaired) electrons. The number of amides is 1. The molecule has 4 rings (SSSR count). The molecule has 10 heteroatoms. The molecule has 0 aromatic carbocycles. The Morgan fingerprint density at radius 3 is 2.49 bits per heavy atom. The average molecular weight is 484 g/mol. The fraction of sp³-hybridized carbons (Fsp3) is 0.640. The third-order valence-electron chi connectivity index (χ3n) is 8.15. The number of imidazole rings is 1. The molecule has 1 N–H and O–H groups in total. The van der Waals surface area contributed by atoms with Crippen molar-refractivity contribution in [3.8, 4) is 17.3 Å². The topological polar surface area (TPSA) is 111 Å². The van der Waals surface area contributed by atoms with Crippen LogP contribution in [-0.4, -0.2) is 63.6 Å². The van der Waals surface area contributed by atoms with Gasteiger partial charge in [-0.3, -0.25) is 9.58 Å². The normalized spacial score (nSPS) is 22.0. The maximum absolute atomic E-state index is 12.4. The van der Waals surface area contributed by atoms with E-state index in [4.69, 9.17) is 9.72 Å². The third kappa shape index (κ3) is 3.73. The first-order valence-corrected chi connectivity index (χ1v) is 12.6. The number of hydrogen-bond acceptors (Lipinski definition) is 6. The second-order valence-corrected chi connectivity index (χ2v) is 9.64. The highest BCUT2D eigenvalue weighted by Crippen LogP contribution is 2.46. The van der Waals surface area contributed by atoms with Crippen LogP contribution in [0.15, 0.2) is 12.5 Å². The number of hydrogen-bond donors (Lipinski definition) is 1. The number of carbonyl (C=O) groups is 1. The van der Waals surface area contributed by atoms with E-state index < -0.39 is 11.6 Å². The number of ether oxygens (including phenoxy) is 1. The first-order chi connectivity index (χ1) is 16.7. The van der Waals surface area contributed by atoms with Gasteiger partial charge in [0.05, 0.1) is 17.3 Å². The van der Waals surface area contributed by atoms with E-state index in [-0.39, 0.29) is 17.9 Å². The minimum absolute atomic E-state index is 0.111. The van der Waals surface area contributed by atoms with Crippen molar-refractivity contribution in [3.05, 3.63) is 18.2 Å². The largest absolute Gasteiger partial charge is 0.470 e. The van der Waals surface area contributed by atoms with Crippen molar-refractivity contribution >= 4 is 17.3 Å². The predicted octanol–water partition coefficient (Wildman–Crippen LogP) is 4.52. The number of nitrogens with zero attached hydrogens (tertiary/aromatic N) is 7. The smallest absolute Gasteiger partial charge is 0.407 e. The summed E-state index contributed by atoms with van der Waals surface area (Å²) < 4.78 is 10.5. The molecule has 10 nitrogen and oxygen atoms in total. The lowest BCUT2D eigenvalue weighted by Crippen LogP contribution is -2.62. The Kier molecular flexibility index (Phi) is 6.75. The molecule has 0 bridgehead atoms. The van der Waals surface area contributed by atoms with Gasteiger partial charge in [0.1, 0.15) is 18.3 Å². The molecule has 0 aliphatic carbocycles. The number of likely N-dealkylation sites (tertiary alicyclic amines) is 1. The molecule has 1 aliphatic heterocycles. The van der Waals surface area contributed by atoms with E-state index in [9.17, 15) is 9.90 Å². The van der Waals surface area contributed by atoms with Crippen LogP contribution in [0.2, 0.25) is 0 Å². The van der Waals surface area contributed by atoms with E-state index >= 15 is 0 Å². The first-order valence-electron chi connectivity index (χ1n) is 12.6. The molecule has 1 amide bonds. The number of carboxylic acid groups (broad SMARTS) is 1. The Balaban J connectivity index is 1.81. The Hall–Kier alpha value is -3.17. The molecule has 3 aromatic rings. The van der Waals surface area contributed by atoms with Crippen molar-refractivity contribution in [2.45, 2.75) is 79.0 Å². The molecule has 3 atom stereocenters. The zero-order chi connectivity index (χ0) is 25.5. The second kappa shape index (κ2) is 9.47. The molecule has 0 saturated carbocycles. The molecule has 1 fully saturated rings. The summed E-state index contributed by atoms with van der Waals surface area (Å²) >= 11 is 0. The fourth-order valence-corrected chi connectivity index (χ4v) is 5.99. The van der Waals surface area contributed by atoms with Gasteiger partial charge in [-0.25, -0.2) is 14.8 Å². The highest BCUT2D eigenvalue weighted by atomic mass is 16.5. The van der Waals surface area contributed by atoms with E-state index in [1.807, 2.05) is 29.4 Å². The molecular weight excluding hydrogens is 446 g/mol. The molecule has 0 spiro atoms. The highest BCUT2D eigenvalue weighted by Gasteiger charge is 2.58. The highest BCUT2D eigenvalue weighted by molar-refractivity contribution is 5.81. The summed E-state index contributed by atoms with van der Waals surface area (Å²) in [6.07, 6.45) is 4.39. The molecule has 35 heavy (non-hydrogen) atoms. The molecule has 1 saturated heterocycles. The lowest BCUT2D eigenvalue weighted by Gasteiger charge is -2.48. The van der Waals surface area contributed by atoms with Crippen LogP contribution in [-0.2, 0) is 13.6 Å². The van der Waals surface area contributed by atoms with Gasteiger partial charge in [0.25, 0.3) is 0 Å². The van der Waals surface area contributed by atoms with Gasteiger partial charge in [-0.15, -0.1) is 0 Å². The maximum Gasteiger partial charge on any atom is 0.407 e. The van der Waals surface area contributed by atoms with Crippen LogP contribution in [0, 0.1) is 18.8 Å². The molecule has 3 aromatic heterocycles. The molecule has 1 aliphatic rings. The standard InChI is InChI=1S/C25H37N7O3/c1-8-15(4)25(16(5)9-2)19(11-12-31(25)24(33)34)35-23-20-22(26-14-27-23)30(7)21(29-20)18-13-28-32(10-3)17(18)6/h13-16,19H,8-12H2,1-7H3,(H,33,34). The summed E-state index contributed by atoms with van der Waals surface area (Å²) in [7, 11) is 1.93. The molecule has 3 unspecified atom stereocenters. The van der Waals surface area contributed by atoms with E-state index in [0.29, 0.717) is 30.0 Å². The fourth-order valence-electron chi connectivity index (χ4n) is 5.99. The van der Waals surface area contributed by atoms with Gasteiger partial charge in [0, 0.05) is 32.3 Å². The first kappa shape index (κ1) is 24.9. The minimum atomic E-state index is -0.895. The van der Waals surface area contributed by atoms with Gasteiger partial charge >= 0.3 is 6.09 Å². The van der Waals surface area contributed by atoms with Crippen LogP contribution in [0.25, 0.3) is 22.6 Å². The summed E-state index contributed by atoms with van der Waals surface area (Å²) in [6.45, 7) is 13.8. The van der Waals surface area contributed by atoms with E-state index in [1.54, 1.807) is 4.90 Å². The van der Waals surface area contributed by atoms with Gasteiger partial charge < -0.3 is 14.4 Å². The maximum atomic E-state index is 12.4. The van der Waals surface area contributed by atoms with Crippen LogP contribution < -0.4 is 4.74 Å². The third-order valence-corrected chi connectivity index (χ3v) is 8.15. The van der Waals surface area contributed by atoms with Crippen molar-refractivity contribution in [3.63, 3.8) is 0 Å². The Morgan fingerprint density at radius 2 is 1.91 bits per heavy atom. The van der Waals surface area contributed by atoms with Crippen molar-refractivity contribution in [1.82, 2.24) is 34.2 Å². The zero-order valence-electron chi connectivity index (χ0n) is 21.8. The van der Waals surface area contributed by atoms with E-state index in [1.165, 1.54) is 6.33 Å². The second-order valence-electron chi connectivity index (χ2n) is 9.64. The number of fused-ring (bicyclic) bond motifs is 1. The Morgan fingerprint density at radius 1 is 1.23 bits per heavy atom.